The average molecular weight is 637 g/mol. The molecule has 7 nitrogen and oxygen atoms in total. The number of rotatable bonds is 12. The van der Waals surface area contributed by atoms with Crippen LogP contribution in [-0.2, 0) is 26.2 Å². The molecule has 0 saturated heterocycles. The van der Waals surface area contributed by atoms with Crippen LogP contribution in [0.3, 0.4) is 0 Å². The molecule has 2 amide bonds. The van der Waals surface area contributed by atoms with Crippen molar-refractivity contribution in [2.24, 2.45) is 0 Å². The SMILES string of the molecule is CC[C@@H](C(=O)NC1CCCC1)N(Cc1ccc(Cl)c(Cl)c1)C(=O)CCCN(c1cc(Cl)ccc1Cl)S(C)(=O)=O. The summed E-state index contributed by atoms with van der Waals surface area (Å²) in [6.07, 6.45) is 5.70. The zero-order valence-corrected chi connectivity index (χ0v) is 25.8. The molecule has 0 radical (unpaired) electrons. The van der Waals surface area contributed by atoms with Crippen molar-refractivity contribution in [3.63, 3.8) is 0 Å². The van der Waals surface area contributed by atoms with Gasteiger partial charge in [0.1, 0.15) is 6.04 Å². The zero-order valence-electron chi connectivity index (χ0n) is 21.9. The van der Waals surface area contributed by atoms with Crippen molar-refractivity contribution in [3.8, 4) is 0 Å². The van der Waals surface area contributed by atoms with Gasteiger partial charge in [0.05, 0.1) is 27.0 Å². The zero-order chi connectivity index (χ0) is 28.7. The van der Waals surface area contributed by atoms with Crippen LogP contribution in [0.25, 0.3) is 0 Å². The smallest absolute Gasteiger partial charge is 0.243 e. The number of sulfonamides is 1. The first-order valence-electron chi connectivity index (χ1n) is 12.9. The Labute approximate surface area is 250 Å². The van der Waals surface area contributed by atoms with Crippen LogP contribution >= 0.6 is 46.4 Å². The molecular weight excluding hydrogens is 604 g/mol. The summed E-state index contributed by atoms with van der Waals surface area (Å²) >= 11 is 24.6. The standard InChI is InChI=1S/C27H33Cl4N3O4S/c1-3-24(27(36)32-20-7-4-5-8-20)33(17-18-10-12-21(29)23(31)15-18)26(35)9-6-14-34(39(2,37)38)25-16-19(28)11-13-22(25)30/h10-13,15-16,20,24H,3-9,14,17H2,1-2H3,(H,32,36)/t24-/m0/s1. The molecule has 0 bridgehead atoms. The van der Waals surface area contributed by atoms with Gasteiger partial charge in [-0.25, -0.2) is 8.42 Å². The van der Waals surface area contributed by atoms with Crippen LogP contribution < -0.4 is 9.62 Å². The van der Waals surface area contributed by atoms with Gasteiger partial charge in [0, 0.05) is 30.6 Å². The number of amides is 2. The Kier molecular flexibility index (Phi) is 11.6. The molecule has 0 aromatic heterocycles. The number of anilines is 1. The predicted molar refractivity (Wildman–Crippen MR) is 159 cm³/mol. The Morgan fingerprint density at radius 3 is 2.28 bits per heavy atom. The summed E-state index contributed by atoms with van der Waals surface area (Å²) in [5, 5.41) is 4.42. The van der Waals surface area contributed by atoms with Crippen molar-refractivity contribution in [2.75, 3.05) is 17.1 Å². The predicted octanol–water partition coefficient (Wildman–Crippen LogP) is 6.71. The lowest BCUT2D eigenvalue weighted by molar-refractivity contribution is -0.141. The van der Waals surface area contributed by atoms with Gasteiger partial charge in [-0.3, -0.25) is 13.9 Å². The minimum atomic E-state index is -3.71. The average Bonchev–Trinajstić information content (AvgIpc) is 3.37. The third-order valence-electron chi connectivity index (χ3n) is 6.75. The molecule has 0 unspecified atom stereocenters. The van der Waals surface area contributed by atoms with Crippen molar-refractivity contribution in [2.45, 2.75) is 70.5 Å². The lowest BCUT2D eigenvalue weighted by atomic mass is 10.1. The second-order valence-corrected chi connectivity index (χ2v) is 13.3. The topological polar surface area (TPSA) is 86.8 Å². The summed E-state index contributed by atoms with van der Waals surface area (Å²) in [4.78, 5) is 28.4. The van der Waals surface area contributed by atoms with Gasteiger partial charge >= 0.3 is 0 Å². The Balaban J connectivity index is 1.80. The minimum absolute atomic E-state index is 0.0102. The first-order chi connectivity index (χ1) is 18.4. The fourth-order valence-corrected chi connectivity index (χ4v) is 6.51. The van der Waals surface area contributed by atoms with E-state index in [-0.39, 0.29) is 54.5 Å². The number of hydrogen-bond acceptors (Lipinski definition) is 4. The molecular formula is C27H33Cl4N3O4S. The Morgan fingerprint density at radius 2 is 1.67 bits per heavy atom. The van der Waals surface area contributed by atoms with Gasteiger partial charge in [-0.05, 0) is 61.6 Å². The highest BCUT2D eigenvalue weighted by atomic mass is 35.5. The molecule has 1 fully saturated rings. The van der Waals surface area contributed by atoms with E-state index in [4.69, 9.17) is 46.4 Å². The number of halogens is 4. The van der Waals surface area contributed by atoms with E-state index < -0.39 is 16.1 Å². The van der Waals surface area contributed by atoms with Crippen molar-refractivity contribution in [1.82, 2.24) is 10.2 Å². The van der Waals surface area contributed by atoms with Gasteiger partial charge in [-0.2, -0.15) is 0 Å². The monoisotopic (exact) mass is 635 g/mol. The molecule has 0 heterocycles. The number of carbonyl (C=O) groups is 2. The highest BCUT2D eigenvalue weighted by Crippen LogP contribution is 2.31. The van der Waals surface area contributed by atoms with Gasteiger partial charge in [-0.1, -0.05) is 72.2 Å². The van der Waals surface area contributed by atoms with Gasteiger partial charge < -0.3 is 10.2 Å². The van der Waals surface area contributed by atoms with Gasteiger partial charge in [0.2, 0.25) is 21.8 Å². The van der Waals surface area contributed by atoms with Crippen molar-refractivity contribution in [1.29, 1.82) is 0 Å². The fraction of sp³-hybridized carbons (Fsp3) is 0.481. The van der Waals surface area contributed by atoms with Crippen LogP contribution in [0.4, 0.5) is 5.69 Å². The molecule has 2 aromatic carbocycles. The maximum atomic E-state index is 13.6. The Morgan fingerprint density at radius 1 is 1.00 bits per heavy atom. The van der Waals surface area contributed by atoms with E-state index >= 15 is 0 Å². The molecule has 0 aliphatic heterocycles. The summed E-state index contributed by atoms with van der Waals surface area (Å²) < 4.78 is 26.3. The highest BCUT2D eigenvalue weighted by molar-refractivity contribution is 7.92. The molecule has 12 heteroatoms. The molecule has 214 valence electrons. The van der Waals surface area contributed by atoms with E-state index in [1.165, 1.54) is 12.1 Å². The number of carbonyl (C=O) groups excluding carboxylic acids is 2. The van der Waals surface area contributed by atoms with Gasteiger partial charge in [0.15, 0.2) is 0 Å². The second kappa shape index (κ2) is 14.3. The summed E-state index contributed by atoms with van der Waals surface area (Å²) in [7, 11) is -3.71. The highest BCUT2D eigenvalue weighted by Gasteiger charge is 2.31. The number of nitrogens with zero attached hydrogens (tertiary/aromatic N) is 2. The van der Waals surface area contributed by atoms with E-state index in [0.29, 0.717) is 21.5 Å². The summed E-state index contributed by atoms with van der Waals surface area (Å²) in [6, 6.07) is 9.08. The molecule has 1 aliphatic rings. The fourth-order valence-electron chi connectivity index (χ4n) is 4.78. The number of benzene rings is 2. The van der Waals surface area contributed by atoms with E-state index in [1.54, 1.807) is 29.2 Å². The molecule has 1 saturated carbocycles. The van der Waals surface area contributed by atoms with Crippen LogP contribution in [0, 0.1) is 0 Å². The maximum absolute atomic E-state index is 13.6. The maximum Gasteiger partial charge on any atom is 0.243 e. The van der Waals surface area contributed by atoms with Gasteiger partial charge in [-0.15, -0.1) is 0 Å². The molecule has 1 aliphatic carbocycles. The molecule has 1 N–H and O–H groups in total. The first kappa shape index (κ1) is 31.8. The van der Waals surface area contributed by atoms with Gasteiger partial charge in [0.25, 0.3) is 0 Å². The summed E-state index contributed by atoms with van der Waals surface area (Å²) in [5.74, 6) is -0.471. The Bertz CT molecular complexity index is 1290. The molecule has 1 atom stereocenters. The van der Waals surface area contributed by atoms with E-state index in [0.717, 1.165) is 41.8 Å². The third-order valence-corrected chi connectivity index (χ3v) is 9.23. The van der Waals surface area contributed by atoms with Crippen molar-refractivity contribution in [3.05, 3.63) is 62.1 Å². The van der Waals surface area contributed by atoms with Crippen molar-refractivity contribution >= 4 is 73.9 Å². The van der Waals surface area contributed by atoms with Crippen LogP contribution in [0.1, 0.15) is 57.4 Å². The van der Waals surface area contributed by atoms with E-state index in [1.807, 2.05) is 6.92 Å². The van der Waals surface area contributed by atoms with Crippen molar-refractivity contribution < 1.29 is 18.0 Å². The quantitative estimate of drug-likeness (QED) is 0.280. The lowest BCUT2D eigenvalue weighted by Gasteiger charge is -2.32. The summed E-state index contributed by atoms with van der Waals surface area (Å²) in [5.41, 5.74) is 0.975. The first-order valence-corrected chi connectivity index (χ1v) is 16.2. The molecule has 3 rings (SSSR count). The Hall–Kier alpha value is -1.71. The third kappa shape index (κ3) is 8.89. The van der Waals surface area contributed by atoms with Crippen LogP contribution in [0.15, 0.2) is 36.4 Å². The van der Waals surface area contributed by atoms with E-state index in [9.17, 15) is 18.0 Å². The van der Waals surface area contributed by atoms with Crippen LogP contribution in [0.5, 0.6) is 0 Å². The van der Waals surface area contributed by atoms with Crippen LogP contribution in [-0.4, -0.2) is 50.0 Å². The van der Waals surface area contributed by atoms with E-state index in [2.05, 4.69) is 5.32 Å². The summed E-state index contributed by atoms with van der Waals surface area (Å²) in [6.45, 7) is 2.03. The molecule has 2 aromatic rings. The minimum Gasteiger partial charge on any atom is -0.352 e. The number of nitrogens with one attached hydrogen (secondary N) is 1. The normalized spacial score (nSPS) is 14.7. The second-order valence-electron chi connectivity index (χ2n) is 9.72. The number of hydrogen-bond donors (Lipinski definition) is 1. The molecule has 0 spiro atoms. The molecule has 39 heavy (non-hydrogen) atoms. The van der Waals surface area contributed by atoms with Crippen LogP contribution in [0.2, 0.25) is 20.1 Å². The largest absolute Gasteiger partial charge is 0.352 e. The lowest BCUT2D eigenvalue weighted by Crippen LogP contribution is -2.51.